The Morgan fingerprint density at radius 3 is 2.71 bits per heavy atom. The highest BCUT2D eigenvalue weighted by Crippen LogP contribution is 2.35. The molecule has 0 spiro atoms. The van der Waals surface area contributed by atoms with E-state index in [0.29, 0.717) is 34.5 Å². The third-order valence-corrected chi connectivity index (χ3v) is 7.20. The van der Waals surface area contributed by atoms with Gasteiger partial charge in [0.2, 0.25) is 0 Å². The number of halogens is 1. The van der Waals surface area contributed by atoms with E-state index in [-0.39, 0.29) is 5.91 Å². The van der Waals surface area contributed by atoms with Gasteiger partial charge in [0.1, 0.15) is 4.88 Å². The summed E-state index contributed by atoms with van der Waals surface area (Å²) in [5.41, 5.74) is 2.25. The summed E-state index contributed by atoms with van der Waals surface area (Å²) in [7, 11) is 0. The van der Waals surface area contributed by atoms with Crippen molar-refractivity contribution in [2.45, 2.75) is 20.4 Å². The van der Waals surface area contributed by atoms with Crippen LogP contribution in [0, 0.1) is 6.92 Å². The molecule has 2 heterocycles. The first-order valence-corrected chi connectivity index (χ1v) is 11.0. The summed E-state index contributed by atoms with van der Waals surface area (Å²) in [5.74, 6) is -0.305. The first-order chi connectivity index (χ1) is 13.6. The van der Waals surface area contributed by atoms with Crippen LogP contribution in [0.15, 0.2) is 47.5 Å². The summed E-state index contributed by atoms with van der Waals surface area (Å²) in [4.78, 5) is 18.6. The summed E-state index contributed by atoms with van der Waals surface area (Å²) >= 11 is 9.37. The molecule has 0 fully saturated rings. The smallest absolute Gasteiger partial charge is 0.291 e. The molecule has 0 aliphatic heterocycles. The number of benzene rings is 2. The second-order valence-electron chi connectivity index (χ2n) is 6.31. The van der Waals surface area contributed by atoms with Gasteiger partial charge in [-0.3, -0.25) is 4.79 Å². The zero-order chi connectivity index (χ0) is 19.7. The number of thiazole rings is 1. The number of nitrogens with zero attached hydrogens (tertiary/aromatic N) is 2. The van der Waals surface area contributed by atoms with Crippen LogP contribution in [0.1, 0.15) is 22.2 Å². The van der Waals surface area contributed by atoms with E-state index >= 15 is 0 Å². The molecule has 1 amide bonds. The standard InChI is InChI=1S/C21H19ClN2O2S2/c1-3-26-12-11-24-18-13(2)7-6-10-16(18)28-21(24)23-20(25)19-17(22)14-8-4-5-9-15(14)27-19/h4-10H,3,11-12H2,1-2H3. The number of carbonyl (C=O) groups excluding carboxylic acids is 1. The molecule has 0 saturated heterocycles. The Hall–Kier alpha value is -1.99. The Balaban J connectivity index is 1.83. The number of hydrogen-bond acceptors (Lipinski definition) is 4. The fraction of sp³-hybridized carbons (Fsp3) is 0.238. The Morgan fingerprint density at radius 1 is 1.14 bits per heavy atom. The number of rotatable bonds is 5. The number of amides is 1. The molecule has 4 nitrogen and oxygen atoms in total. The van der Waals surface area contributed by atoms with E-state index in [1.807, 2.05) is 37.3 Å². The first kappa shape index (κ1) is 19.3. The minimum absolute atomic E-state index is 0.305. The van der Waals surface area contributed by atoms with Crippen molar-refractivity contribution in [1.82, 2.24) is 4.57 Å². The van der Waals surface area contributed by atoms with E-state index in [4.69, 9.17) is 16.3 Å². The predicted octanol–water partition coefficient (Wildman–Crippen LogP) is 5.66. The number of fused-ring (bicyclic) bond motifs is 2. The zero-order valence-corrected chi connectivity index (χ0v) is 18.0. The summed E-state index contributed by atoms with van der Waals surface area (Å²) in [6.07, 6.45) is 0. The van der Waals surface area contributed by atoms with Gasteiger partial charge >= 0.3 is 0 Å². The highest BCUT2D eigenvalue weighted by molar-refractivity contribution is 7.21. The lowest BCUT2D eigenvalue weighted by Crippen LogP contribution is -2.20. The maximum absolute atomic E-state index is 13.0. The van der Waals surface area contributed by atoms with Gasteiger partial charge in [0, 0.05) is 23.2 Å². The second kappa shape index (κ2) is 8.17. The number of ether oxygens (including phenoxy) is 1. The predicted molar refractivity (Wildman–Crippen MR) is 118 cm³/mol. The molecule has 28 heavy (non-hydrogen) atoms. The van der Waals surface area contributed by atoms with Crippen molar-refractivity contribution >= 4 is 60.5 Å². The van der Waals surface area contributed by atoms with Gasteiger partial charge in [-0.25, -0.2) is 0 Å². The van der Waals surface area contributed by atoms with Gasteiger partial charge in [0.25, 0.3) is 5.91 Å². The highest BCUT2D eigenvalue weighted by atomic mass is 35.5. The summed E-state index contributed by atoms with van der Waals surface area (Å²) in [5, 5.41) is 1.37. The van der Waals surface area contributed by atoms with Gasteiger partial charge in [-0.15, -0.1) is 11.3 Å². The summed E-state index contributed by atoms with van der Waals surface area (Å²) < 4.78 is 9.70. The van der Waals surface area contributed by atoms with Crippen molar-refractivity contribution in [3.63, 3.8) is 0 Å². The Labute approximate surface area is 175 Å². The number of thiophene rings is 1. The van der Waals surface area contributed by atoms with E-state index in [1.165, 1.54) is 22.7 Å². The van der Waals surface area contributed by atoms with Crippen LogP contribution in [-0.2, 0) is 11.3 Å². The Kier molecular flexibility index (Phi) is 5.64. The molecular weight excluding hydrogens is 412 g/mol. The number of para-hydroxylation sites is 1. The Morgan fingerprint density at radius 2 is 1.93 bits per heavy atom. The average Bonchev–Trinajstić information content (AvgIpc) is 3.21. The topological polar surface area (TPSA) is 43.6 Å². The van der Waals surface area contributed by atoms with Crippen molar-refractivity contribution in [3.05, 3.63) is 62.7 Å². The van der Waals surface area contributed by atoms with Crippen LogP contribution in [0.25, 0.3) is 20.3 Å². The molecule has 4 aromatic rings. The molecule has 0 aliphatic carbocycles. The summed E-state index contributed by atoms with van der Waals surface area (Å²) in [6, 6.07) is 13.9. The highest BCUT2D eigenvalue weighted by Gasteiger charge is 2.17. The molecule has 0 unspecified atom stereocenters. The van der Waals surface area contributed by atoms with Crippen LogP contribution in [0.2, 0.25) is 5.02 Å². The molecule has 2 aromatic heterocycles. The molecule has 0 aliphatic rings. The van der Waals surface area contributed by atoms with Crippen LogP contribution in [0.3, 0.4) is 0 Å². The van der Waals surface area contributed by atoms with Crippen LogP contribution >= 0.6 is 34.3 Å². The van der Waals surface area contributed by atoms with E-state index in [9.17, 15) is 4.79 Å². The fourth-order valence-corrected chi connectivity index (χ4v) is 5.72. The van der Waals surface area contributed by atoms with Gasteiger partial charge in [-0.2, -0.15) is 4.99 Å². The Bertz CT molecular complexity index is 1240. The first-order valence-electron chi connectivity index (χ1n) is 9.03. The number of aromatic nitrogens is 1. The van der Waals surface area contributed by atoms with Gasteiger partial charge in [-0.05, 0) is 31.5 Å². The third-order valence-electron chi connectivity index (χ3n) is 4.49. The lowest BCUT2D eigenvalue weighted by Gasteiger charge is -2.07. The van der Waals surface area contributed by atoms with Crippen LogP contribution in [0.5, 0.6) is 0 Å². The van der Waals surface area contributed by atoms with E-state index in [0.717, 1.165) is 25.9 Å². The molecule has 0 saturated carbocycles. The molecule has 0 bridgehead atoms. The maximum Gasteiger partial charge on any atom is 0.291 e. The molecular formula is C21H19ClN2O2S2. The SMILES string of the molecule is CCOCCn1c(=NC(=O)c2sc3ccccc3c2Cl)sc2cccc(C)c21. The third kappa shape index (κ3) is 3.53. The lowest BCUT2D eigenvalue weighted by molar-refractivity contribution is 0.100. The molecule has 144 valence electrons. The largest absolute Gasteiger partial charge is 0.380 e. The van der Waals surface area contributed by atoms with Gasteiger partial charge in [-0.1, -0.05) is 53.3 Å². The number of carbonyl (C=O) groups is 1. The molecule has 4 rings (SSSR count). The molecule has 2 aromatic carbocycles. The van der Waals surface area contributed by atoms with Crippen LogP contribution < -0.4 is 4.80 Å². The van der Waals surface area contributed by atoms with Crippen molar-refractivity contribution in [1.29, 1.82) is 0 Å². The van der Waals surface area contributed by atoms with Crippen LogP contribution in [0.4, 0.5) is 0 Å². The number of aryl methyl sites for hydroxylation is 1. The summed E-state index contributed by atoms with van der Waals surface area (Å²) in [6.45, 7) is 5.91. The quantitative estimate of drug-likeness (QED) is 0.383. The minimum Gasteiger partial charge on any atom is -0.380 e. The maximum atomic E-state index is 13.0. The van der Waals surface area contributed by atoms with E-state index in [2.05, 4.69) is 28.6 Å². The molecule has 0 N–H and O–H groups in total. The molecule has 0 atom stereocenters. The normalized spacial score (nSPS) is 12.3. The van der Waals surface area contributed by atoms with Crippen LogP contribution in [-0.4, -0.2) is 23.7 Å². The van der Waals surface area contributed by atoms with E-state index in [1.54, 1.807) is 0 Å². The van der Waals surface area contributed by atoms with Crippen molar-refractivity contribution in [2.24, 2.45) is 4.99 Å². The van der Waals surface area contributed by atoms with Crippen molar-refractivity contribution in [2.75, 3.05) is 13.2 Å². The van der Waals surface area contributed by atoms with Gasteiger partial charge in [0.15, 0.2) is 4.80 Å². The fourth-order valence-electron chi connectivity index (χ4n) is 3.19. The number of hydrogen-bond donors (Lipinski definition) is 0. The minimum atomic E-state index is -0.305. The van der Waals surface area contributed by atoms with Crippen molar-refractivity contribution in [3.8, 4) is 0 Å². The van der Waals surface area contributed by atoms with Gasteiger partial charge < -0.3 is 9.30 Å². The van der Waals surface area contributed by atoms with Crippen molar-refractivity contribution < 1.29 is 9.53 Å². The second-order valence-corrected chi connectivity index (χ2v) is 8.75. The molecule has 0 radical (unpaired) electrons. The lowest BCUT2D eigenvalue weighted by atomic mass is 10.2. The van der Waals surface area contributed by atoms with Gasteiger partial charge in [0.05, 0.1) is 21.8 Å². The molecule has 7 heteroatoms. The van der Waals surface area contributed by atoms with E-state index < -0.39 is 0 Å². The zero-order valence-electron chi connectivity index (χ0n) is 15.6. The average molecular weight is 431 g/mol. The monoisotopic (exact) mass is 430 g/mol.